The molecule has 2 amide bonds. The summed E-state index contributed by atoms with van der Waals surface area (Å²) in [4.78, 5) is 32.9. The molecule has 0 spiro atoms. The zero-order valence-corrected chi connectivity index (χ0v) is 20.5. The lowest BCUT2D eigenvalue weighted by Crippen LogP contribution is -2.54. The minimum absolute atomic E-state index is 0. The second kappa shape index (κ2) is 12.5. The third kappa shape index (κ3) is 7.70. The van der Waals surface area contributed by atoms with Crippen LogP contribution in [0.5, 0.6) is 0 Å². The molecule has 0 aromatic heterocycles. The van der Waals surface area contributed by atoms with E-state index in [1.165, 1.54) is 0 Å². The lowest BCUT2D eigenvalue weighted by molar-refractivity contribution is -0.131. The summed E-state index contributed by atoms with van der Waals surface area (Å²) in [6, 6.07) is 16.7. The number of rotatable bonds is 5. The van der Waals surface area contributed by atoms with Crippen LogP contribution in [0.4, 0.5) is 5.69 Å². The molecular weight excluding hydrogens is 529 g/mol. The first kappa shape index (κ1) is 24.9. The number of nitrogens with one attached hydrogen (secondary N) is 2. The highest BCUT2D eigenvalue weighted by Gasteiger charge is 2.23. The largest absolute Gasteiger partial charge is 0.347 e. The van der Waals surface area contributed by atoms with E-state index in [2.05, 4.69) is 20.5 Å². The van der Waals surface area contributed by atoms with Crippen LogP contribution in [0.3, 0.4) is 0 Å². The summed E-state index contributed by atoms with van der Waals surface area (Å²) in [6.07, 6.45) is 0.340. The Morgan fingerprint density at radius 3 is 2.32 bits per heavy atom. The third-order valence-electron chi connectivity index (χ3n) is 4.85. The van der Waals surface area contributed by atoms with E-state index in [0.29, 0.717) is 43.6 Å². The summed E-state index contributed by atoms with van der Waals surface area (Å²) in [6.45, 7) is 2.64. The van der Waals surface area contributed by atoms with E-state index in [1.54, 1.807) is 13.1 Å². The normalized spacial score (nSPS) is 13.9. The molecule has 0 aliphatic carbocycles. The molecule has 1 aliphatic heterocycles. The maximum atomic E-state index is 12.6. The molecule has 7 nitrogen and oxygen atoms in total. The Kier molecular flexibility index (Phi) is 10.1. The van der Waals surface area contributed by atoms with Gasteiger partial charge in [0.15, 0.2) is 5.96 Å². The van der Waals surface area contributed by atoms with E-state index in [4.69, 9.17) is 11.6 Å². The van der Waals surface area contributed by atoms with Gasteiger partial charge in [-0.1, -0.05) is 41.9 Å². The maximum absolute atomic E-state index is 12.6. The van der Waals surface area contributed by atoms with Gasteiger partial charge in [0.2, 0.25) is 11.8 Å². The molecule has 3 rings (SSSR count). The fraction of sp³-hybridized carbons (Fsp3) is 0.318. The fourth-order valence-corrected chi connectivity index (χ4v) is 3.53. The van der Waals surface area contributed by atoms with Crippen molar-refractivity contribution in [3.8, 4) is 0 Å². The third-order valence-corrected chi connectivity index (χ3v) is 5.09. The van der Waals surface area contributed by atoms with Gasteiger partial charge in [-0.2, -0.15) is 0 Å². The summed E-state index contributed by atoms with van der Waals surface area (Å²) in [5.74, 6) is 0.597. The van der Waals surface area contributed by atoms with Gasteiger partial charge in [0, 0.05) is 43.9 Å². The van der Waals surface area contributed by atoms with Gasteiger partial charge >= 0.3 is 0 Å². The van der Waals surface area contributed by atoms with Gasteiger partial charge in [-0.15, -0.1) is 24.0 Å². The molecular formula is C22H27ClIN5O2. The molecule has 9 heteroatoms. The molecule has 0 radical (unpaired) electrons. The van der Waals surface area contributed by atoms with Gasteiger partial charge in [-0.3, -0.25) is 14.6 Å². The number of piperazine rings is 1. The molecule has 31 heavy (non-hydrogen) atoms. The lowest BCUT2D eigenvalue weighted by atomic mass is 10.1. The number of halogens is 2. The zero-order chi connectivity index (χ0) is 21.3. The van der Waals surface area contributed by atoms with Crippen molar-refractivity contribution in [3.63, 3.8) is 0 Å². The van der Waals surface area contributed by atoms with E-state index < -0.39 is 0 Å². The first-order valence-electron chi connectivity index (χ1n) is 9.88. The van der Waals surface area contributed by atoms with Crippen LogP contribution >= 0.6 is 35.6 Å². The van der Waals surface area contributed by atoms with Crippen LogP contribution in [0.15, 0.2) is 59.6 Å². The second-order valence-electron chi connectivity index (χ2n) is 6.99. The first-order valence-corrected chi connectivity index (χ1v) is 10.3. The molecule has 1 heterocycles. The van der Waals surface area contributed by atoms with Crippen molar-refractivity contribution >= 4 is 59.0 Å². The average Bonchev–Trinajstić information content (AvgIpc) is 2.75. The van der Waals surface area contributed by atoms with Crippen molar-refractivity contribution in [2.75, 3.05) is 45.1 Å². The van der Waals surface area contributed by atoms with Crippen molar-refractivity contribution in [1.82, 2.24) is 15.1 Å². The highest BCUT2D eigenvalue weighted by molar-refractivity contribution is 14.0. The maximum Gasteiger partial charge on any atom is 0.243 e. The van der Waals surface area contributed by atoms with Crippen molar-refractivity contribution in [2.45, 2.75) is 6.42 Å². The van der Waals surface area contributed by atoms with Crippen LogP contribution < -0.4 is 10.6 Å². The van der Waals surface area contributed by atoms with Gasteiger partial charge in [0.05, 0.1) is 13.0 Å². The van der Waals surface area contributed by atoms with E-state index in [9.17, 15) is 9.59 Å². The van der Waals surface area contributed by atoms with E-state index in [-0.39, 0.29) is 42.3 Å². The molecule has 2 N–H and O–H groups in total. The van der Waals surface area contributed by atoms with Crippen molar-refractivity contribution in [3.05, 3.63) is 65.2 Å². The Morgan fingerprint density at radius 2 is 1.68 bits per heavy atom. The Labute approximate surface area is 204 Å². The van der Waals surface area contributed by atoms with E-state index in [1.807, 2.05) is 53.4 Å². The number of benzene rings is 2. The number of nitrogens with zero attached hydrogens (tertiary/aromatic N) is 3. The van der Waals surface area contributed by atoms with Crippen LogP contribution in [0.1, 0.15) is 5.56 Å². The van der Waals surface area contributed by atoms with Gasteiger partial charge in [-0.25, -0.2) is 0 Å². The topological polar surface area (TPSA) is 77.0 Å². The predicted octanol–water partition coefficient (Wildman–Crippen LogP) is 2.86. The fourth-order valence-electron chi connectivity index (χ4n) is 3.32. The van der Waals surface area contributed by atoms with E-state index >= 15 is 0 Å². The van der Waals surface area contributed by atoms with Crippen LogP contribution in [-0.4, -0.2) is 67.3 Å². The molecule has 0 unspecified atom stereocenters. The van der Waals surface area contributed by atoms with Crippen LogP contribution in [0.25, 0.3) is 0 Å². The molecule has 0 atom stereocenters. The number of anilines is 1. The summed E-state index contributed by atoms with van der Waals surface area (Å²) >= 11 is 6.00. The molecule has 2 aromatic carbocycles. The van der Waals surface area contributed by atoms with Crippen LogP contribution in [0, 0.1) is 0 Å². The second-order valence-corrected chi connectivity index (χ2v) is 7.43. The Balaban J connectivity index is 0.00000341. The molecule has 1 aliphatic rings. The van der Waals surface area contributed by atoms with Crippen LogP contribution in [0.2, 0.25) is 5.02 Å². The molecule has 0 bridgehead atoms. The Hall–Kier alpha value is -2.33. The summed E-state index contributed by atoms with van der Waals surface area (Å²) in [7, 11) is 1.69. The summed E-state index contributed by atoms with van der Waals surface area (Å²) in [5.41, 5.74) is 1.67. The van der Waals surface area contributed by atoms with Gasteiger partial charge in [-0.05, 0) is 29.8 Å². The lowest BCUT2D eigenvalue weighted by Gasteiger charge is -2.36. The highest BCUT2D eigenvalue weighted by atomic mass is 127. The smallest absolute Gasteiger partial charge is 0.243 e. The molecule has 1 fully saturated rings. The Bertz CT molecular complexity index is 902. The summed E-state index contributed by atoms with van der Waals surface area (Å²) < 4.78 is 0. The number of aliphatic imine (C=N–C) groups is 1. The number of carbonyl (C=O) groups is 2. The monoisotopic (exact) mass is 555 g/mol. The zero-order valence-electron chi connectivity index (χ0n) is 17.4. The molecule has 2 aromatic rings. The van der Waals surface area contributed by atoms with Crippen molar-refractivity contribution in [1.29, 1.82) is 0 Å². The molecule has 0 saturated carbocycles. The summed E-state index contributed by atoms with van der Waals surface area (Å²) in [5, 5.41) is 6.57. The van der Waals surface area contributed by atoms with Gasteiger partial charge < -0.3 is 20.4 Å². The number of guanidine groups is 1. The van der Waals surface area contributed by atoms with Gasteiger partial charge in [0.25, 0.3) is 0 Å². The van der Waals surface area contributed by atoms with E-state index in [0.717, 1.165) is 11.3 Å². The number of carbonyl (C=O) groups excluding carboxylic acids is 2. The molecule has 1 saturated heterocycles. The highest BCUT2D eigenvalue weighted by Crippen LogP contribution is 2.13. The number of para-hydroxylation sites is 1. The minimum Gasteiger partial charge on any atom is -0.347 e. The standard InChI is InChI=1S/C22H26ClN5O2.HI/c1-24-22(25-16-20(29)26-19-8-3-2-4-9-19)28-12-10-27(11-13-28)21(30)15-17-6-5-7-18(23)14-17;/h2-9,14H,10-13,15-16H2,1H3,(H,24,25)(H,26,29);1H. The predicted molar refractivity (Wildman–Crippen MR) is 135 cm³/mol. The van der Waals surface area contributed by atoms with Crippen molar-refractivity contribution in [2.24, 2.45) is 4.99 Å². The minimum atomic E-state index is -0.141. The first-order chi connectivity index (χ1) is 14.5. The van der Waals surface area contributed by atoms with Gasteiger partial charge in [0.1, 0.15) is 0 Å². The number of amides is 2. The van der Waals surface area contributed by atoms with Crippen LogP contribution in [-0.2, 0) is 16.0 Å². The number of hydrogen-bond acceptors (Lipinski definition) is 3. The molecule has 166 valence electrons. The number of hydrogen-bond donors (Lipinski definition) is 2. The quantitative estimate of drug-likeness (QED) is 0.338. The van der Waals surface area contributed by atoms with Crippen molar-refractivity contribution < 1.29 is 9.59 Å². The average molecular weight is 556 g/mol. The Morgan fingerprint density at radius 1 is 1.00 bits per heavy atom. The SMILES string of the molecule is CN=C(NCC(=O)Nc1ccccc1)N1CCN(C(=O)Cc2cccc(Cl)c2)CC1.I.